The van der Waals surface area contributed by atoms with Gasteiger partial charge >= 0.3 is 6.01 Å². The van der Waals surface area contributed by atoms with Crippen molar-refractivity contribution in [2.24, 2.45) is 0 Å². The third kappa shape index (κ3) is 3.95. The highest BCUT2D eigenvalue weighted by atomic mass is 35.5. The Morgan fingerprint density at radius 1 is 0.958 bits per heavy atom. The van der Waals surface area contributed by atoms with Crippen LogP contribution < -0.4 is 5.32 Å². The average molecular weight is 342 g/mol. The van der Waals surface area contributed by atoms with E-state index < -0.39 is 0 Å². The molecule has 0 radical (unpaired) electrons. The molecule has 0 amide bonds. The maximum absolute atomic E-state index is 5.88. The number of hydrogen-bond acceptors (Lipinski definition) is 4. The van der Waals surface area contributed by atoms with Crippen LogP contribution in [-0.2, 0) is 12.0 Å². The van der Waals surface area contributed by atoms with Crippen molar-refractivity contribution in [3.8, 4) is 11.5 Å². The first kappa shape index (κ1) is 16.5. The second kappa shape index (κ2) is 6.65. The number of halogens is 1. The lowest BCUT2D eigenvalue weighted by Crippen LogP contribution is -2.10. The second-order valence-corrected chi connectivity index (χ2v) is 7.16. The van der Waals surface area contributed by atoms with Crippen LogP contribution >= 0.6 is 11.6 Å². The fourth-order valence-corrected chi connectivity index (χ4v) is 2.43. The molecule has 3 aromatic rings. The number of nitrogens with zero attached hydrogens (tertiary/aromatic N) is 2. The van der Waals surface area contributed by atoms with E-state index in [4.69, 9.17) is 16.0 Å². The van der Waals surface area contributed by atoms with Gasteiger partial charge in [-0.2, -0.15) is 0 Å². The van der Waals surface area contributed by atoms with Crippen molar-refractivity contribution < 1.29 is 4.42 Å². The summed E-state index contributed by atoms with van der Waals surface area (Å²) in [5.41, 5.74) is 3.40. The van der Waals surface area contributed by atoms with Crippen molar-refractivity contribution in [1.82, 2.24) is 10.2 Å². The van der Waals surface area contributed by atoms with Crippen LogP contribution in [0.3, 0.4) is 0 Å². The van der Waals surface area contributed by atoms with Gasteiger partial charge in [0.2, 0.25) is 5.89 Å². The van der Waals surface area contributed by atoms with Crippen molar-refractivity contribution in [1.29, 1.82) is 0 Å². The van der Waals surface area contributed by atoms with E-state index in [1.165, 1.54) is 5.56 Å². The molecule has 4 nitrogen and oxygen atoms in total. The van der Waals surface area contributed by atoms with Gasteiger partial charge in [0.15, 0.2) is 0 Å². The standard InChI is InChI=1S/C19H20ClN3O/c1-19(2,3)15-8-6-14(7-9-15)17-22-23-18(24-17)21-12-13-4-10-16(20)11-5-13/h4-11H,12H2,1-3H3,(H,21,23). The fourth-order valence-electron chi connectivity index (χ4n) is 2.30. The van der Waals surface area contributed by atoms with E-state index in [1.807, 2.05) is 36.4 Å². The molecule has 0 fully saturated rings. The number of hydrogen-bond donors (Lipinski definition) is 1. The minimum atomic E-state index is 0.124. The first-order chi connectivity index (χ1) is 11.4. The Morgan fingerprint density at radius 2 is 1.62 bits per heavy atom. The van der Waals surface area contributed by atoms with Crippen LogP contribution in [0.5, 0.6) is 0 Å². The average Bonchev–Trinajstić information content (AvgIpc) is 3.03. The van der Waals surface area contributed by atoms with Gasteiger partial charge in [-0.1, -0.05) is 61.7 Å². The van der Waals surface area contributed by atoms with E-state index in [1.54, 1.807) is 0 Å². The minimum absolute atomic E-state index is 0.124. The molecule has 1 aromatic heterocycles. The summed E-state index contributed by atoms with van der Waals surface area (Å²) >= 11 is 5.88. The Bertz CT molecular complexity index is 802. The van der Waals surface area contributed by atoms with Crippen molar-refractivity contribution in [3.63, 3.8) is 0 Å². The van der Waals surface area contributed by atoms with Crippen molar-refractivity contribution in [2.75, 3.05) is 5.32 Å². The molecule has 0 saturated heterocycles. The Balaban J connectivity index is 1.68. The number of nitrogens with one attached hydrogen (secondary N) is 1. The first-order valence-corrected chi connectivity index (χ1v) is 8.22. The zero-order valence-electron chi connectivity index (χ0n) is 14.0. The van der Waals surface area contributed by atoms with E-state index in [9.17, 15) is 0 Å². The molecule has 0 unspecified atom stereocenters. The molecule has 0 aliphatic rings. The minimum Gasteiger partial charge on any atom is -0.403 e. The largest absolute Gasteiger partial charge is 0.403 e. The quantitative estimate of drug-likeness (QED) is 0.699. The molecule has 0 aliphatic carbocycles. The van der Waals surface area contributed by atoms with Gasteiger partial charge < -0.3 is 9.73 Å². The van der Waals surface area contributed by atoms with Crippen LogP contribution in [0.2, 0.25) is 5.02 Å². The molecule has 1 heterocycles. The summed E-state index contributed by atoms with van der Waals surface area (Å²) in [5, 5.41) is 12.0. The molecule has 124 valence electrons. The summed E-state index contributed by atoms with van der Waals surface area (Å²) in [7, 11) is 0. The topological polar surface area (TPSA) is 51.0 Å². The van der Waals surface area contributed by atoms with Gasteiger partial charge in [-0.15, -0.1) is 5.10 Å². The van der Waals surface area contributed by atoms with Gasteiger partial charge in [-0.3, -0.25) is 0 Å². The Morgan fingerprint density at radius 3 is 2.25 bits per heavy atom. The first-order valence-electron chi connectivity index (χ1n) is 7.84. The van der Waals surface area contributed by atoms with Gasteiger partial charge in [-0.05, 0) is 40.8 Å². The van der Waals surface area contributed by atoms with Crippen LogP contribution in [0, 0.1) is 0 Å². The number of benzene rings is 2. The lowest BCUT2D eigenvalue weighted by molar-refractivity contribution is 0.579. The number of anilines is 1. The van der Waals surface area contributed by atoms with Gasteiger partial charge in [0.1, 0.15) is 0 Å². The fraction of sp³-hybridized carbons (Fsp3) is 0.263. The van der Waals surface area contributed by atoms with Gasteiger partial charge in [0.25, 0.3) is 0 Å². The molecule has 0 spiro atoms. The van der Waals surface area contributed by atoms with E-state index in [0.717, 1.165) is 16.1 Å². The maximum Gasteiger partial charge on any atom is 0.316 e. The summed E-state index contributed by atoms with van der Waals surface area (Å²) in [6, 6.07) is 16.2. The Hall–Kier alpha value is -2.33. The maximum atomic E-state index is 5.88. The lowest BCUT2D eigenvalue weighted by atomic mass is 9.87. The third-order valence-electron chi connectivity index (χ3n) is 3.78. The molecule has 1 N–H and O–H groups in total. The summed E-state index contributed by atoms with van der Waals surface area (Å²) in [6.45, 7) is 7.16. The summed E-state index contributed by atoms with van der Waals surface area (Å²) in [4.78, 5) is 0. The predicted molar refractivity (Wildman–Crippen MR) is 97.2 cm³/mol. The zero-order chi connectivity index (χ0) is 17.2. The molecule has 5 heteroatoms. The Labute approximate surface area is 146 Å². The van der Waals surface area contributed by atoms with Gasteiger partial charge in [-0.25, -0.2) is 0 Å². The lowest BCUT2D eigenvalue weighted by Gasteiger charge is -2.18. The zero-order valence-corrected chi connectivity index (χ0v) is 14.8. The molecule has 2 aromatic carbocycles. The van der Waals surface area contributed by atoms with Crippen LogP contribution in [-0.4, -0.2) is 10.2 Å². The summed E-state index contributed by atoms with van der Waals surface area (Å²) < 4.78 is 5.68. The number of aromatic nitrogens is 2. The van der Waals surface area contributed by atoms with E-state index in [2.05, 4.69) is 48.4 Å². The SMILES string of the molecule is CC(C)(C)c1ccc(-c2nnc(NCc3ccc(Cl)cc3)o2)cc1. The Kier molecular flexibility index (Phi) is 4.58. The van der Waals surface area contributed by atoms with Crippen LogP contribution in [0.25, 0.3) is 11.5 Å². The highest BCUT2D eigenvalue weighted by molar-refractivity contribution is 6.30. The van der Waals surface area contributed by atoms with Crippen molar-refractivity contribution in [3.05, 3.63) is 64.7 Å². The molecular formula is C19H20ClN3O. The predicted octanol–water partition coefficient (Wildman–Crippen LogP) is 5.30. The van der Waals surface area contributed by atoms with Crippen molar-refractivity contribution >= 4 is 17.6 Å². The van der Waals surface area contributed by atoms with Gasteiger partial charge in [0.05, 0.1) is 0 Å². The number of rotatable bonds is 4. The van der Waals surface area contributed by atoms with Crippen LogP contribution in [0.15, 0.2) is 52.9 Å². The highest BCUT2D eigenvalue weighted by Gasteiger charge is 2.14. The van der Waals surface area contributed by atoms with E-state index in [-0.39, 0.29) is 5.41 Å². The normalized spacial score (nSPS) is 11.5. The second-order valence-electron chi connectivity index (χ2n) is 6.72. The van der Waals surface area contributed by atoms with E-state index in [0.29, 0.717) is 18.5 Å². The van der Waals surface area contributed by atoms with Crippen molar-refractivity contribution in [2.45, 2.75) is 32.7 Å². The molecule has 0 atom stereocenters. The van der Waals surface area contributed by atoms with E-state index >= 15 is 0 Å². The molecule has 0 aliphatic heterocycles. The summed E-state index contributed by atoms with van der Waals surface area (Å²) in [6.07, 6.45) is 0. The molecule has 3 rings (SSSR count). The summed E-state index contributed by atoms with van der Waals surface area (Å²) in [5.74, 6) is 0.508. The molecule has 0 bridgehead atoms. The smallest absolute Gasteiger partial charge is 0.316 e. The third-order valence-corrected chi connectivity index (χ3v) is 4.03. The van der Waals surface area contributed by atoms with Gasteiger partial charge in [0, 0.05) is 17.1 Å². The van der Waals surface area contributed by atoms with Crippen LogP contribution in [0.1, 0.15) is 31.9 Å². The molecular weight excluding hydrogens is 322 g/mol. The highest BCUT2D eigenvalue weighted by Crippen LogP contribution is 2.26. The molecule has 0 saturated carbocycles. The monoisotopic (exact) mass is 341 g/mol. The molecule has 24 heavy (non-hydrogen) atoms. The van der Waals surface area contributed by atoms with Crippen LogP contribution in [0.4, 0.5) is 6.01 Å².